The highest BCUT2D eigenvalue weighted by Crippen LogP contribution is 2.29. The van der Waals surface area contributed by atoms with Crippen LogP contribution in [0.4, 0.5) is 5.82 Å². The number of rotatable bonds is 5. The number of nitrogens with one attached hydrogen (secondary N) is 1. The van der Waals surface area contributed by atoms with Crippen LogP contribution in [-0.2, 0) is 11.2 Å². The van der Waals surface area contributed by atoms with Crippen LogP contribution in [0.25, 0.3) is 11.5 Å². The molecule has 1 fully saturated rings. The molecule has 2 atom stereocenters. The Morgan fingerprint density at radius 1 is 1.07 bits per heavy atom. The normalized spacial score (nSPS) is 19.6. The molecule has 1 saturated heterocycles. The van der Waals surface area contributed by atoms with E-state index in [4.69, 9.17) is 9.72 Å². The topological polar surface area (TPSA) is 59.9 Å². The highest BCUT2D eigenvalue weighted by atomic mass is 16.5. The number of pyridine rings is 1. The van der Waals surface area contributed by atoms with Crippen LogP contribution >= 0.6 is 0 Å². The molecule has 0 bridgehead atoms. The van der Waals surface area contributed by atoms with Crippen LogP contribution in [0.1, 0.15) is 37.1 Å². The van der Waals surface area contributed by atoms with Gasteiger partial charge in [-0.15, -0.1) is 0 Å². The Labute approximate surface area is 159 Å². The first-order valence-electron chi connectivity index (χ1n) is 9.54. The standard InChI is InChI=1S/C22H24N4O/c1-2-17-15-21(26-22(25-17)19-10-6-7-12-23-19)24-18-11-13-27-20(14-18)16-8-4-3-5-9-16/h3-10,12,15,18,20H,2,11,13-14H2,1H3,(H,24,25,26). The summed E-state index contributed by atoms with van der Waals surface area (Å²) in [6.07, 6.45) is 4.65. The first-order chi connectivity index (χ1) is 13.3. The molecule has 3 aromatic rings. The molecular weight excluding hydrogens is 336 g/mol. The molecule has 5 heteroatoms. The van der Waals surface area contributed by atoms with Crippen molar-refractivity contribution in [3.8, 4) is 11.5 Å². The lowest BCUT2D eigenvalue weighted by Gasteiger charge is -2.31. The average molecular weight is 360 g/mol. The molecule has 1 aliphatic heterocycles. The maximum atomic E-state index is 5.99. The number of aryl methyl sites for hydroxylation is 1. The van der Waals surface area contributed by atoms with Crippen molar-refractivity contribution in [2.45, 2.75) is 38.3 Å². The molecule has 3 heterocycles. The molecule has 1 aliphatic rings. The molecule has 0 saturated carbocycles. The van der Waals surface area contributed by atoms with Crippen LogP contribution in [0.15, 0.2) is 60.8 Å². The fourth-order valence-electron chi connectivity index (χ4n) is 3.40. The Morgan fingerprint density at radius 3 is 2.70 bits per heavy atom. The molecule has 5 nitrogen and oxygen atoms in total. The summed E-state index contributed by atoms with van der Waals surface area (Å²) in [6, 6.07) is 18.6. The van der Waals surface area contributed by atoms with Gasteiger partial charge in [-0.2, -0.15) is 0 Å². The highest BCUT2D eigenvalue weighted by Gasteiger charge is 2.24. The second-order valence-corrected chi connectivity index (χ2v) is 6.77. The van der Waals surface area contributed by atoms with Gasteiger partial charge in [-0.1, -0.05) is 43.3 Å². The van der Waals surface area contributed by atoms with Gasteiger partial charge < -0.3 is 10.1 Å². The lowest BCUT2D eigenvalue weighted by atomic mass is 9.97. The summed E-state index contributed by atoms with van der Waals surface area (Å²) in [5, 5.41) is 3.61. The van der Waals surface area contributed by atoms with Crippen molar-refractivity contribution in [1.29, 1.82) is 0 Å². The van der Waals surface area contributed by atoms with Crippen LogP contribution in [0, 0.1) is 0 Å². The summed E-state index contributed by atoms with van der Waals surface area (Å²) >= 11 is 0. The number of benzene rings is 1. The molecule has 2 unspecified atom stereocenters. The van der Waals surface area contributed by atoms with E-state index < -0.39 is 0 Å². The van der Waals surface area contributed by atoms with Crippen molar-refractivity contribution in [3.05, 3.63) is 72.1 Å². The van der Waals surface area contributed by atoms with Gasteiger partial charge >= 0.3 is 0 Å². The summed E-state index contributed by atoms with van der Waals surface area (Å²) in [4.78, 5) is 13.7. The molecule has 1 N–H and O–H groups in total. The number of ether oxygens (including phenoxy) is 1. The fourth-order valence-corrected chi connectivity index (χ4v) is 3.40. The Bertz CT molecular complexity index is 870. The van der Waals surface area contributed by atoms with E-state index in [1.54, 1.807) is 6.20 Å². The molecule has 4 rings (SSSR count). The number of nitrogens with zero attached hydrogens (tertiary/aromatic N) is 3. The molecule has 0 spiro atoms. The minimum absolute atomic E-state index is 0.125. The fraction of sp³-hybridized carbons (Fsp3) is 0.318. The Balaban J connectivity index is 1.53. The third kappa shape index (κ3) is 4.31. The molecule has 0 aliphatic carbocycles. The van der Waals surface area contributed by atoms with Gasteiger partial charge in [-0.3, -0.25) is 4.98 Å². The smallest absolute Gasteiger partial charge is 0.180 e. The molecule has 1 aromatic carbocycles. The quantitative estimate of drug-likeness (QED) is 0.729. The monoisotopic (exact) mass is 360 g/mol. The van der Waals surface area contributed by atoms with Gasteiger partial charge in [0.15, 0.2) is 5.82 Å². The molecular formula is C22H24N4O. The third-order valence-corrected chi connectivity index (χ3v) is 4.84. The van der Waals surface area contributed by atoms with Crippen LogP contribution in [0.2, 0.25) is 0 Å². The minimum atomic E-state index is 0.125. The van der Waals surface area contributed by atoms with Crippen molar-refractivity contribution < 1.29 is 4.74 Å². The van der Waals surface area contributed by atoms with E-state index in [-0.39, 0.29) is 6.10 Å². The first kappa shape index (κ1) is 17.6. The first-order valence-corrected chi connectivity index (χ1v) is 9.54. The summed E-state index contributed by atoms with van der Waals surface area (Å²) in [5.74, 6) is 1.53. The maximum absolute atomic E-state index is 5.99. The SMILES string of the molecule is CCc1cc(NC2CCOC(c3ccccc3)C2)nc(-c2ccccn2)n1. The van der Waals surface area contributed by atoms with Crippen molar-refractivity contribution in [1.82, 2.24) is 15.0 Å². The zero-order chi connectivity index (χ0) is 18.5. The highest BCUT2D eigenvalue weighted by molar-refractivity contribution is 5.53. The largest absolute Gasteiger partial charge is 0.373 e. The summed E-state index contributed by atoms with van der Waals surface area (Å²) in [6.45, 7) is 2.85. The van der Waals surface area contributed by atoms with E-state index in [1.807, 2.05) is 30.3 Å². The molecule has 138 valence electrons. The number of hydrogen-bond donors (Lipinski definition) is 1. The lowest BCUT2D eigenvalue weighted by Crippen LogP contribution is -2.30. The Morgan fingerprint density at radius 2 is 1.93 bits per heavy atom. The van der Waals surface area contributed by atoms with Crippen LogP contribution in [0.3, 0.4) is 0 Å². The zero-order valence-electron chi connectivity index (χ0n) is 15.5. The number of hydrogen-bond acceptors (Lipinski definition) is 5. The van der Waals surface area contributed by atoms with Gasteiger partial charge in [0.2, 0.25) is 0 Å². The van der Waals surface area contributed by atoms with Crippen molar-refractivity contribution in [2.24, 2.45) is 0 Å². The van der Waals surface area contributed by atoms with E-state index in [0.29, 0.717) is 11.9 Å². The van der Waals surface area contributed by atoms with Crippen LogP contribution < -0.4 is 5.32 Å². The lowest BCUT2D eigenvalue weighted by molar-refractivity contribution is 0.00974. The number of anilines is 1. The van der Waals surface area contributed by atoms with E-state index in [1.165, 1.54) is 5.56 Å². The molecule has 2 aromatic heterocycles. The Hall–Kier alpha value is -2.79. The van der Waals surface area contributed by atoms with E-state index in [9.17, 15) is 0 Å². The maximum Gasteiger partial charge on any atom is 0.180 e. The van der Waals surface area contributed by atoms with E-state index in [2.05, 4.69) is 46.5 Å². The second kappa shape index (κ2) is 8.27. The van der Waals surface area contributed by atoms with Crippen molar-refractivity contribution in [3.63, 3.8) is 0 Å². The summed E-state index contributed by atoms with van der Waals surface area (Å²) < 4.78 is 5.99. The predicted molar refractivity (Wildman–Crippen MR) is 106 cm³/mol. The van der Waals surface area contributed by atoms with Gasteiger partial charge in [0.25, 0.3) is 0 Å². The van der Waals surface area contributed by atoms with E-state index >= 15 is 0 Å². The minimum Gasteiger partial charge on any atom is -0.373 e. The average Bonchev–Trinajstić information content (AvgIpc) is 2.75. The summed E-state index contributed by atoms with van der Waals surface area (Å²) in [5.41, 5.74) is 3.04. The van der Waals surface area contributed by atoms with Crippen molar-refractivity contribution >= 4 is 5.82 Å². The Kier molecular flexibility index (Phi) is 5.39. The predicted octanol–water partition coefficient (Wildman–Crippen LogP) is 4.43. The molecule has 0 amide bonds. The van der Waals surface area contributed by atoms with Gasteiger partial charge in [-0.05, 0) is 37.0 Å². The number of aromatic nitrogens is 3. The van der Waals surface area contributed by atoms with Crippen LogP contribution in [-0.4, -0.2) is 27.6 Å². The molecule has 0 radical (unpaired) electrons. The van der Waals surface area contributed by atoms with Crippen LogP contribution in [0.5, 0.6) is 0 Å². The summed E-state index contributed by atoms with van der Waals surface area (Å²) in [7, 11) is 0. The van der Waals surface area contributed by atoms with E-state index in [0.717, 1.165) is 43.1 Å². The second-order valence-electron chi connectivity index (χ2n) is 6.77. The van der Waals surface area contributed by atoms with Gasteiger partial charge in [-0.25, -0.2) is 9.97 Å². The van der Waals surface area contributed by atoms with Gasteiger partial charge in [0.05, 0.1) is 6.10 Å². The van der Waals surface area contributed by atoms with Gasteiger partial charge in [0.1, 0.15) is 11.5 Å². The molecule has 27 heavy (non-hydrogen) atoms. The third-order valence-electron chi connectivity index (χ3n) is 4.84. The van der Waals surface area contributed by atoms with Crippen molar-refractivity contribution in [2.75, 3.05) is 11.9 Å². The van der Waals surface area contributed by atoms with Gasteiger partial charge in [0, 0.05) is 30.6 Å². The zero-order valence-corrected chi connectivity index (χ0v) is 15.5.